The molecule has 2 N–H and O–H groups in total. The highest BCUT2D eigenvalue weighted by Crippen LogP contribution is 2.38. The normalized spacial score (nSPS) is 23.1. The van der Waals surface area contributed by atoms with E-state index in [0.29, 0.717) is 36.3 Å². The highest BCUT2D eigenvalue weighted by Gasteiger charge is 2.35. The van der Waals surface area contributed by atoms with Crippen molar-refractivity contribution < 1.29 is 14.7 Å². The summed E-state index contributed by atoms with van der Waals surface area (Å²) in [6.45, 7) is 8.64. The lowest BCUT2D eigenvalue weighted by Crippen LogP contribution is -2.40. The first kappa shape index (κ1) is 20.6. The van der Waals surface area contributed by atoms with Gasteiger partial charge in [-0.05, 0) is 61.1 Å². The third-order valence-corrected chi connectivity index (χ3v) is 5.84. The van der Waals surface area contributed by atoms with Gasteiger partial charge in [-0.15, -0.1) is 0 Å². The number of aliphatic hydroxyl groups excluding tert-OH is 1. The molecule has 4 heteroatoms. The van der Waals surface area contributed by atoms with Crippen LogP contribution in [0.1, 0.15) is 68.4 Å². The lowest BCUT2D eigenvalue weighted by molar-refractivity contribution is -0.129. The van der Waals surface area contributed by atoms with Crippen molar-refractivity contribution in [2.75, 3.05) is 6.54 Å². The average molecular weight is 360 g/mol. The van der Waals surface area contributed by atoms with Gasteiger partial charge in [0.05, 0.1) is 6.61 Å². The first-order chi connectivity index (χ1) is 12.3. The summed E-state index contributed by atoms with van der Waals surface area (Å²) in [5.74, 6) is 1.87. The van der Waals surface area contributed by atoms with E-state index in [-0.39, 0.29) is 24.2 Å². The van der Waals surface area contributed by atoms with Gasteiger partial charge in [-0.3, -0.25) is 9.59 Å². The lowest BCUT2D eigenvalue weighted by atomic mass is 9.70. The quantitative estimate of drug-likeness (QED) is 0.729. The summed E-state index contributed by atoms with van der Waals surface area (Å²) in [6, 6.07) is 5.42. The van der Waals surface area contributed by atoms with Crippen molar-refractivity contribution in [2.24, 2.45) is 23.7 Å². The molecule has 0 aromatic heterocycles. The number of carbonyl (C=O) groups is 2. The highest BCUT2D eigenvalue weighted by atomic mass is 16.3. The van der Waals surface area contributed by atoms with E-state index >= 15 is 0 Å². The summed E-state index contributed by atoms with van der Waals surface area (Å²) in [5.41, 5.74) is 2.35. The molecule has 3 atom stereocenters. The molecule has 3 unspecified atom stereocenters. The third kappa shape index (κ3) is 5.16. The van der Waals surface area contributed by atoms with E-state index < -0.39 is 0 Å². The van der Waals surface area contributed by atoms with Crippen LogP contribution < -0.4 is 5.32 Å². The minimum atomic E-state index is -0.0973. The van der Waals surface area contributed by atoms with Crippen molar-refractivity contribution in [3.8, 4) is 0 Å². The minimum Gasteiger partial charge on any atom is -0.392 e. The third-order valence-electron chi connectivity index (χ3n) is 5.84. The first-order valence-electron chi connectivity index (χ1n) is 9.84. The molecule has 1 amide bonds. The molecule has 26 heavy (non-hydrogen) atoms. The largest absolute Gasteiger partial charge is 0.392 e. The fraction of sp³-hybridized carbons (Fsp3) is 0.636. The maximum Gasteiger partial charge on any atom is 0.223 e. The standard InChI is InChI=1S/C22H33NO3/c1-14(2)20-8-5-15(3)11-21(20)22(26)23-10-9-17-6-7-18(16(4)25)12-19(17)13-24/h6-7,12,14-15,20-21,24H,5,8-11,13H2,1-4H3,(H,23,26). The molecule has 0 spiro atoms. The molecule has 0 saturated heterocycles. The van der Waals surface area contributed by atoms with Gasteiger partial charge < -0.3 is 10.4 Å². The van der Waals surface area contributed by atoms with Gasteiger partial charge in [0.15, 0.2) is 5.78 Å². The Bertz CT molecular complexity index is 638. The maximum absolute atomic E-state index is 12.7. The SMILES string of the molecule is CC(=O)c1ccc(CCNC(=O)C2CC(C)CCC2C(C)C)c(CO)c1. The van der Waals surface area contributed by atoms with Crippen LogP contribution in [0.5, 0.6) is 0 Å². The maximum atomic E-state index is 12.7. The van der Waals surface area contributed by atoms with Crippen LogP contribution >= 0.6 is 0 Å². The number of benzene rings is 1. The Morgan fingerprint density at radius 2 is 1.96 bits per heavy atom. The summed E-state index contributed by atoms with van der Waals surface area (Å²) in [5, 5.41) is 12.7. The van der Waals surface area contributed by atoms with Crippen molar-refractivity contribution in [3.63, 3.8) is 0 Å². The van der Waals surface area contributed by atoms with Gasteiger partial charge in [0, 0.05) is 18.0 Å². The van der Waals surface area contributed by atoms with Gasteiger partial charge >= 0.3 is 0 Å². The number of nitrogens with one attached hydrogen (secondary N) is 1. The van der Waals surface area contributed by atoms with E-state index in [1.165, 1.54) is 13.3 Å². The minimum absolute atomic E-state index is 0.00861. The molecule has 1 saturated carbocycles. The topological polar surface area (TPSA) is 66.4 Å². The summed E-state index contributed by atoms with van der Waals surface area (Å²) < 4.78 is 0. The van der Waals surface area contributed by atoms with Crippen LogP contribution in [-0.4, -0.2) is 23.3 Å². The van der Waals surface area contributed by atoms with Crippen LogP contribution in [0.15, 0.2) is 18.2 Å². The predicted octanol–water partition coefficient (Wildman–Crippen LogP) is 3.75. The second kappa shape index (κ2) is 9.31. The fourth-order valence-corrected chi connectivity index (χ4v) is 4.19. The molecule has 0 aliphatic heterocycles. The number of hydrogen-bond acceptors (Lipinski definition) is 3. The second-order valence-electron chi connectivity index (χ2n) is 8.17. The van der Waals surface area contributed by atoms with E-state index in [9.17, 15) is 14.7 Å². The molecule has 0 heterocycles. The van der Waals surface area contributed by atoms with Gasteiger partial charge in [0.25, 0.3) is 0 Å². The van der Waals surface area contributed by atoms with Gasteiger partial charge in [0.2, 0.25) is 5.91 Å². The highest BCUT2D eigenvalue weighted by molar-refractivity contribution is 5.94. The van der Waals surface area contributed by atoms with Crippen molar-refractivity contribution in [1.82, 2.24) is 5.32 Å². The molecule has 144 valence electrons. The molecule has 1 aromatic rings. The molecule has 2 rings (SSSR count). The predicted molar refractivity (Wildman–Crippen MR) is 104 cm³/mol. The van der Waals surface area contributed by atoms with Crippen LogP contribution in [0, 0.1) is 23.7 Å². The smallest absolute Gasteiger partial charge is 0.223 e. The molecule has 4 nitrogen and oxygen atoms in total. The number of Topliss-reactive ketones (excluding diaryl/α,β-unsaturated/α-hetero) is 1. The van der Waals surface area contributed by atoms with Crippen molar-refractivity contribution in [3.05, 3.63) is 34.9 Å². The van der Waals surface area contributed by atoms with Crippen LogP contribution in [0.25, 0.3) is 0 Å². The second-order valence-corrected chi connectivity index (χ2v) is 8.17. The van der Waals surface area contributed by atoms with Crippen LogP contribution in [0.3, 0.4) is 0 Å². The lowest BCUT2D eigenvalue weighted by Gasteiger charge is -2.36. The number of ketones is 1. The molecule has 0 bridgehead atoms. The van der Waals surface area contributed by atoms with E-state index in [1.807, 2.05) is 6.07 Å². The zero-order valence-corrected chi connectivity index (χ0v) is 16.5. The van der Waals surface area contributed by atoms with E-state index in [0.717, 1.165) is 24.0 Å². The molecular weight excluding hydrogens is 326 g/mol. The summed E-state index contributed by atoms with van der Waals surface area (Å²) >= 11 is 0. The molecule has 0 radical (unpaired) electrons. The van der Waals surface area contributed by atoms with Crippen molar-refractivity contribution in [1.29, 1.82) is 0 Å². The summed E-state index contributed by atoms with van der Waals surface area (Å²) in [4.78, 5) is 24.2. The van der Waals surface area contributed by atoms with Gasteiger partial charge in [-0.1, -0.05) is 39.3 Å². The van der Waals surface area contributed by atoms with Crippen molar-refractivity contribution in [2.45, 2.75) is 60.0 Å². The average Bonchev–Trinajstić information content (AvgIpc) is 2.61. The number of aliphatic hydroxyl groups is 1. The van der Waals surface area contributed by atoms with E-state index in [1.54, 1.807) is 12.1 Å². The monoisotopic (exact) mass is 359 g/mol. The number of amides is 1. The molecule has 1 aliphatic rings. The molecule has 1 aromatic carbocycles. The molecule has 1 aliphatic carbocycles. The number of carbonyl (C=O) groups excluding carboxylic acids is 2. The Labute approximate surface area is 157 Å². The fourth-order valence-electron chi connectivity index (χ4n) is 4.19. The number of rotatable bonds is 7. The van der Waals surface area contributed by atoms with E-state index in [2.05, 4.69) is 26.1 Å². The first-order valence-corrected chi connectivity index (χ1v) is 9.84. The van der Waals surface area contributed by atoms with Crippen LogP contribution in [0.2, 0.25) is 0 Å². The Morgan fingerprint density at radius 3 is 2.58 bits per heavy atom. The zero-order chi connectivity index (χ0) is 19.3. The van der Waals surface area contributed by atoms with E-state index in [4.69, 9.17) is 0 Å². The van der Waals surface area contributed by atoms with Crippen LogP contribution in [0.4, 0.5) is 0 Å². The zero-order valence-electron chi connectivity index (χ0n) is 16.5. The Kier molecular flexibility index (Phi) is 7.39. The van der Waals surface area contributed by atoms with Gasteiger partial charge in [0.1, 0.15) is 0 Å². The summed E-state index contributed by atoms with van der Waals surface area (Å²) in [6.07, 6.45) is 3.99. The van der Waals surface area contributed by atoms with Crippen LogP contribution in [-0.2, 0) is 17.8 Å². The van der Waals surface area contributed by atoms with Gasteiger partial charge in [-0.2, -0.15) is 0 Å². The molecular formula is C22H33NO3. The summed E-state index contributed by atoms with van der Waals surface area (Å²) in [7, 11) is 0. The number of hydrogen-bond donors (Lipinski definition) is 2. The molecule has 1 fully saturated rings. The Morgan fingerprint density at radius 1 is 1.23 bits per heavy atom. The van der Waals surface area contributed by atoms with Crippen molar-refractivity contribution >= 4 is 11.7 Å². The Balaban J connectivity index is 1.96. The Hall–Kier alpha value is -1.68. The van der Waals surface area contributed by atoms with Gasteiger partial charge in [-0.25, -0.2) is 0 Å².